The van der Waals surface area contributed by atoms with Gasteiger partial charge in [-0.2, -0.15) is 0 Å². The van der Waals surface area contributed by atoms with E-state index in [9.17, 15) is 9.59 Å². The first-order chi connectivity index (χ1) is 10.1. The molecule has 2 rings (SSSR count). The van der Waals surface area contributed by atoms with Gasteiger partial charge in [-0.05, 0) is 18.9 Å². The Morgan fingerprint density at radius 1 is 1.29 bits per heavy atom. The van der Waals surface area contributed by atoms with Gasteiger partial charge in [0.1, 0.15) is 0 Å². The van der Waals surface area contributed by atoms with Crippen molar-refractivity contribution in [3.8, 4) is 0 Å². The van der Waals surface area contributed by atoms with E-state index >= 15 is 0 Å². The lowest BCUT2D eigenvalue weighted by Gasteiger charge is -2.22. The largest absolute Gasteiger partial charge is 0.353 e. The molecule has 0 radical (unpaired) electrons. The van der Waals surface area contributed by atoms with Gasteiger partial charge in [-0.3, -0.25) is 9.59 Å². The van der Waals surface area contributed by atoms with Crippen LogP contribution in [0.5, 0.6) is 0 Å². The van der Waals surface area contributed by atoms with Gasteiger partial charge >= 0.3 is 0 Å². The second kappa shape index (κ2) is 7.25. The molecule has 0 saturated carbocycles. The summed E-state index contributed by atoms with van der Waals surface area (Å²) < 4.78 is 0. The van der Waals surface area contributed by atoms with Crippen LogP contribution in [0.1, 0.15) is 44.6 Å². The summed E-state index contributed by atoms with van der Waals surface area (Å²) in [6, 6.07) is 10.3. The average molecular weight is 288 g/mol. The number of carbonyl (C=O) groups excluding carboxylic acids is 2. The third kappa shape index (κ3) is 4.31. The monoisotopic (exact) mass is 288 g/mol. The molecule has 0 bridgehead atoms. The van der Waals surface area contributed by atoms with Crippen molar-refractivity contribution in [2.45, 2.75) is 45.1 Å². The van der Waals surface area contributed by atoms with E-state index in [1.807, 2.05) is 25.1 Å². The zero-order valence-electron chi connectivity index (χ0n) is 12.8. The molecule has 2 atom stereocenters. The molecule has 4 nitrogen and oxygen atoms in total. The van der Waals surface area contributed by atoms with Gasteiger partial charge < -0.3 is 10.2 Å². The highest BCUT2D eigenvalue weighted by molar-refractivity contribution is 5.80. The molecule has 1 N–H and O–H groups in total. The Morgan fingerprint density at radius 3 is 2.62 bits per heavy atom. The zero-order valence-corrected chi connectivity index (χ0v) is 12.8. The zero-order chi connectivity index (χ0) is 15.2. The minimum atomic E-state index is 0.0185. The molecule has 0 unspecified atom stereocenters. The van der Waals surface area contributed by atoms with Crippen LogP contribution < -0.4 is 5.32 Å². The van der Waals surface area contributed by atoms with Gasteiger partial charge in [-0.15, -0.1) is 0 Å². The van der Waals surface area contributed by atoms with Gasteiger partial charge in [0.2, 0.25) is 11.8 Å². The molecule has 1 heterocycles. The predicted octanol–water partition coefficient (Wildman–Crippen LogP) is 2.31. The lowest BCUT2D eigenvalue weighted by Crippen LogP contribution is -2.38. The van der Waals surface area contributed by atoms with Crippen molar-refractivity contribution in [3.63, 3.8) is 0 Å². The van der Waals surface area contributed by atoms with Gasteiger partial charge in [-0.25, -0.2) is 0 Å². The van der Waals surface area contributed by atoms with Gasteiger partial charge in [0, 0.05) is 37.9 Å². The summed E-state index contributed by atoms with van der Waals surface area (Å²) in [6.07, 6.45) is 1.93. The number of carbonyl (C=O) groups is 2. The van der Waals surface area contributed by atoms with E-state index in [0.29, 0.717) is 19.4 Å². The van der Waals surface area contributed by atoms with Crippen LogP contribution in [0.25, 0.3) is 0 Å². The summed E-state index contributed by atoms with van der Waals surface area (Å²) in [5.41, 5.74) is 1.22. The lowest BCUT2D eigenvalue weighted by molar-refractivity contribution is -0.128. The van der Waals surface area contributed by atoms with Crippen LogP contribution in [0.2, 0.25) is 0 Å². The van der Waals surface area contributed by atoms with Gasteiger partial charge in [0.05, 0.1) is 0 Å². The predicted molar refractivity (Wildman–Crippen MR) is 82.9 cm³/mol. The molecule has 1 aliphatic rings. The van der Waals surface area contributed by atoms with Crippen LogP contribution in [-0.2, 0) is 9.59 Å². The minimum Gasteiger partial charge on any atom is -0.353 e. The first kappa shape index (κ1) is 15.5. The maximum Gasteiger partial charge on any atom is 0.222 e. The number of rotatable bonds is 6. The topological polar surface area (TPSA) is 49.4 Å². The Balaban J connectivity index is 1.78. The smallest absolute Gasteiger partial charge is 0.222 e. The Morgan fingerprint density at radius 2 is 2.00 bits per heavy atom. The highest BCUT2D eigenvalue weighted by atomic mass is 16.2. The van der Waals surface area contributed by atoms with Crippen molar-refractivity contribution in [1.82, 2.24) is 10.2 Å². The highest BCUT2D eigenvalue weighted by Crippen LogP contribution is 2.18. The number of nitrogens with zero attached hydrogens (tertiary/aromatic N) is 1. The molecule has 0 spiro atoms. The normalized spacial score (nSPS) is 17.6. The van der Waals surface area contributed by atoms with Crippen LogP contribution >= 0.6 is 0 Å². The maximum atomic E-state index is 12.0. The summed E-state index contributed by atoms with van der Waals surface area (Å²) in [7, 11) is 0. The van der Waals surface area contributed by atoms with E-state index in [2.05, 4.69) is 24.4 Å². The fraction of sp³-hybridized carbons (Fsp3) is 0.529. The Bertz CT molecular complexity index is 487. The molecular weight excluding hydrogens is 264 g/mol. The van der Waals surface area contributed by atoms with E-state index in [-0.39, 0.29) is 23.8 Å². The van der Waals surface area contributed by atoms with Crippen molar-refractivity contribution in [3.05, 3.63) is 35.9 Å². The van der Waals surface area contributed by atoms with Crippen LogP contribution in [0, 0.1) is 0 Å². The molecular formula is C17H24N2O2. The molecule has 1 fully saturated rings. The molecule has 1 saturated heterocycles. The average Bonchev–Trinajstić information content (AvgIpc) is 2.90. The fourth-order valence-electron chi connectivity index (χ4n) is 2.67. The first-order valence-corrected chi connectivity index (χ1v) is 7.70. The highest BCUT2D eigenvalue weighted by Gasteiger charge is 2.21. The molecule has 2 amide bonds. The van der Waals surface area contributed by atoms with Crippen molar-refractivity contribution in [1.29, 1.82) is 0 Å². The fourth-order valence-corrected chi connectivity index (χ4v) is 2.67. The van der Waals surface area contributed by atoms with E-state index in [1.165, 1.54) is 5.56 Å². The van der Waals surface area contributed by atoms with Crippen molar-refractivity contribution < 1.29 is 9.59 Å². The van der Waals surface area contributed by atoms with E-state index in [4.69, 9.17) is 0 Å². The Hall–Kier alpha value is -1.84. The molecule has 0 aromatic heterocycles. The number of nitrogens with one attached hydrogen (secondary N) is 1. The van der Waals surface area contributed by atoms with Crippen molar-refractivity contribution >= 4 is 11.8 Å². The third-order valence-electron chi connectivity index (χ3n) is 4.24. The van der Waals surface area contributed by atoms with Gasteiger partial charge in [0.25, 0.3) is 0 Å². The number of amides is 2. The summed E-state index contributed by atoms with van der Waals surface area (Å²) in [5, 5.41) is 3.04. The molecule has 21 heavy (non-hydrogen) atoms. The molecule has 1 aliphatic heterocycles. The third-order valence-corrected chi connectivity index (χ3v) is 4.24. The summed E-state index contributed by atoms with van der Waals surface area (Å²) in [6.45, 7) is 5.47. The second-order valence-corrected chi connectivity index (χ2v) is 5.79. The summed E-state index contributed by atoms with van der Waals surface area (Å²) in [4.78, 5) is 25.3. The van der Waals surface area contributed by atoms with Gasteiger partial charge in [-0.1, -0.05) is 37.3 Å². The van der Waals surface area contributed by atoms with Crippen LogP contribution in [-0.4, -0.2) is 35.8 Å². The summed E-state index contributed by atoms with van der Waals surface area (Å²) >= 11 is 0. The second-order valence-electron chi connectivity index (χ2n) is 5.79. The van der Waals surface area contributed by atoms with Gasteiger partial charge in [0.15, 0.2) is 0 Å². The molecule has 114 valence electrons. The maximum absolute atomic E-state index is 12.0. The van der Waals surface area contributed by atoms with Crippen molar-refractivity contribution in [2.24, 2.45) is 0 Å². The number of hydrogen-bond donors (Lipinski definition) is 1. The molecule has 1 aromatic carbocycles. The molecule has 1 aromatic rings. The van der Waals surface area contributed by atoms with E-state index in [0.717, 1.165) is 13.0 Å². The Labute approximate surface area is 126 Å². The first-order valence-electron chi connectivity index (χ1n) is 7.70. The lowest BCUT2D eigenvalue weighted by atomic mass is 9.94. The molecule has 0 aliphatic carbocycles. The van der Waals surface area contributed by atoms with Crippen LogP contribution in [0.15, 0.2) is 30.3 Å². The van der Waals surface area contributed by atoms with E-state index in [1.54, 1.807) is 4.90 Å². The summed E-state index contributed by atoms with van der Waals surface area (Å²) in [5.74, 6) is 0.460. The standard InChI is InChI=1S/C17H24N2O2/c1-13(15-7-4-3-5-8-15)14(2)18-16(20)10-12-19-11-6-9-17(19)21/h3-5,7-8,13-14H,6,9-12H2,1-2H3,(H,18,20)/t13-,14+/m0/s1. The quantitative estimate of drug-likeness (QED) is 0.873. The SMILES string of the molecule is C[C@H](c1ccccc1)[C@@H](C)NC(=O)CCN1CCCC1=O. The Kier molecular flexibility index (Phi) is 5.37. The number of benzene rings is 1. The van der Waals surface area contributed by atoms with E-state index < -0.39 is 0 Å². The number of hydrogen-bond acceptors (Lipinski definition) is 2. The molecule has 4 heteroatoms. The minimum absolute atomic E-state index is 0.0185. The van der Waals surface area contributed by atoms with Crippen LogP contribution in [0.4, 0.5) is 0 Å². The number of likely N-dealkylation sites (tertiary alicyclic amines) is 1. The van der Waals surface area contributed by atoms with Crippen molar-refractivity contribution in [2.75, 3.05) is 13.1 Å². The van der Waals surface area contributed by atoms with Crippen LogP contribution in [0.3, 0.4) is 0 Å².